The van der Waals surface area contributed by atoms with E-state index < -0.39 is 11.6 Å². The zero-order valence-corrected chi connectivity index (χ0v) is 18.1. The van der Waals surface area contributed by atoms with Crippen molar-refractivity contribution in [2.75, 3.05) is 20.3 Å². The first-order chi connectivity index (χ1) is 14.9. The number of hydrogen-bond acceptors (Lipinski definition) is 5. The molecule has 164 valence electrons. The molecule has 3 rings (SSSR count). The van der Waals surface area contributed by atoms with Crippen LogP contribution in [0, 0.1) is 0 Å². The number of hydrogen-bond donors (Lipinski definition) is 2. The summed E-state index contributed by atoms with van der Waals surface area (Å²) in [6.07, 6.45) is 3.42. The maximum absolute atomic E-state index is 12.6. The Morgan fingerprint density at radius 2 is 2.06 bits per heavy atom. The SMILES string of the molecule is CCOc1ccc(C(=O)NCc2cc(CC3(C(=O)O)C=CCO3)ccc2OC)c(Cl)c1. The van der Waals surface area contributed by atoms with Gasteiger partial charge >= 0.3 is 5.97 Å². The Balaban J connectivity index is 1.75. The first kappa shape index (κ1) is 22.7. The monoisotopic (exact) mass is 445 g/mol. The molecule has 0 spiro atoms. The van der Waals surface area contributed by atoms with E-state index in [9.17, 15) is 14.7 Å². The van der Waals surface area contributed by atoms with Crippen molar-refractivity contribution in [3.63, 3.8) is 0 Å². The molecule has 0 aliphatic carbocycles. The van der Waals surface area contributed by atoms with Gasteiger partial charge in [0.2, 0.25) is 0 Å². The van der Waals surface area contributed by atoms with Crippen LogP contribution in [-0.4, -0.2) is 42.9 Å². The van der Waals surface area contributed by atoms with Crippen molar-refractivity contribution in [3.8, 4) is 11.5 Å². The van der Waals surface area contributed by atoms with Gasteiger partial charge < -0.3 is 24.6 Å². The molecule has 1 amide bonds. The van der Waals surface area contributed by atoms with Crippen molar-refractivity contribution >= 4 is 23.5 Å². The number of rotatable bonds is 9. The summed E-state index contributed by atoms with van der Waals surface area (Å²) in [7, 11) is 1.53. The quantitative estimate of drug-likeness (QED) is 0.572. The van der Waals surface area contributed by atoms with Crippen LogP contribution < -0.4 is 14.8 Å². The molecule has 31 heavy (non-hydrogen) atoms. The lowest BCUT2D eigenvalue weighted by atomic mass is 9.93. The van der Waals surface area contributed by atoms with Crippen molar-refractivity contribution in [1.29, 1.82) is 0 Å². The molecule has 2 aromatic carbocycles. The third-order valence-electron chi connectivity index (χ3n) is 4.93. The first-order valence-corrected chi connectivity index (χ1v) is 10.2. The van der Waals surface area contributed by atoms with Gasteiger partial charge in [0.15, 0.2) is 5.60 Å². The summed E-state index contributed by atoms with van der Waals surface area (Å²) in [5.41, 5.74) is 0.399. The fourth-order valence-electron chi connectivity index (χ4n) is 3.39. The molecule has 0 bridgehead atoms. The van der Waals surface area contributed by atoms with Crippen molar-refractivity contribution in [1.82, 2.24) is 5.32 Å². The van der Waals surface area contributed by atoms with Gasteiger partial charge in [-0.15, -0.1) is 0 Å². The average molecular weight is 446 g/mol. The Hall–Kier alpha value is -3.03. The van der Waals surface area contributed by atoms with Gasteiger partial charge in [-0.05, 0) is 42.8 Å². The molecule has 2 N–H and O–H groups in total. The maximum Gasteiger partial charge on any atom is 0.340 e. The zero-order valence-electron chi connectivity index (χ0n) is 17.3. The summed E-state index contributed by atoms with van der Waals surface area (Å²) in [6, 6.07) is 10.2. The molecule has 1 atom stereocenters. The third kappa shape index (κ3) is 5.18. The van der Waals surface area contributed by atoms with E-state index in [0.29, 0.717) is 29.2 Å². The molecule has 7 nitrogen and oxygen atoms in total. The van der Waals surface area contributed by atoms with Crippen molar-refractivity contribution in [2.45, 2.75) is 25.5 Å². The minimum atomic E-state index is -1.38. The van der Waals surface area contributed by atoms with E-state index in [0.717, 1.165) is 5.56 Å². The van der Waals surface area contributed by atoms with Crippen molar-refractivity contribution in [3.05, 3.63) is 70.3 Å². The fourth-order valence-corrected chi connectivity index (χ4v) is 3.65. The second-order valence-corrected chi connectivity index (χ2v) is 7.40. The topological polar surface area (TPSA) is 94.1 Å². The molecule has 0 fully saturated rings. The standard InChI is InChI=1S/C23H24ClNO6/c1-3-30-17-6-7-18(19(24)12-17)21(26)25-14-16-11-15(5-8-20(16)29-2)13-23(22(27)28)9-4-10-31-23/h4-9,11-12H,3,10,13-14H2,1-2H3,(H,25,26)(H,27,28). The number of carboxylic acids is 1. The number of benzene rings is 2. The summed E-state index contributed by atoms with van der Waals surface area (Å²) in [6.45, 7) is 2.80. The van der Waals surface area contributed by atoms with Gasteiger partial charge in [0.25, 0.3) is 5.91 Å². The number of halogens is 1. The number of carbonyl (C=O) groups is 2. The number of carbonyl (C=O) groups excluding carboxylic acids is 1. The van der Waals surface area contributed by atoms with Crippen LogP contribution in [0.2, 0.25) is 5.02 Å². The van der Waals surface area contributed by atoms with Gasteiger partial charge in [-0.2, -0.15) is 0 Å². The molecule has 0 aromatic heterocycles. The summed E-state index contributed by atoms with van der Waals surface area (Å²) in [4.78, 5) is 24.4. The van der Waals surface area contributed by atoms with Crippen LogP contribution in [0.15, 0.2) is 48.6 Å². The van der Waals surface area contributed by atoms with Gasteiger partial charge in [-0.3, -0.25) is 4.79 Å². The van der Waals surface area contributed by atoms with Crippen LogP contribution >= 0.6 is 11.6 Å². The van der Waals surface area contributed by atoms with Crippen molar-refractivity contribution in [2.24, 2.45) is 0 Å². The van der Waals surface area contributed by atoms with E-state index in [1.54, 1.807) is 48.6 Å². The molecule has 1 unspecified atom stereocenters. The fraction of sp³-hybridized carbons (Fsp3) is 0.304. The van der Waals surface area contributed by atoms with Crippen LogP contribution in [0.4, 0.5) is 0 Å². The van der Waals surface area contributed by atoms with Crippen LogP contribution in [0.25, 0.3) is 0 Å². The second kappa shape index (κ2) is 9.85. The highest BCUT2D eigenvalue weighted by molar-refractivity contribution is 6.34. The first-order valence-electron chi connectivity index (χ1n) is 9.80. The normalized spacial score (nSPS) is 17.4. The highest BCUT2D eigenvalue weighted by Gasteiger charge is 2.39. The highest BCUT2D eigenvalue weighted by atomic mass is 35.5. The molecule has 8 heteroatoms. The lowest BCUT2D eigenvalue weighted by Crippen LogP contribution is -2.39. The van der Waals surface area contributed by atoms with E-state index in [-0.39, 0.29) is 30.5 Å². The largest absolute Gasteiger partial charge is 0.496 e. The Morgan fingerprint density at radius 1 is 1.26 bits per heavy atom. The molecule has 0 saturated carbocycles. The number of ether oxygens (including phenoxy) is 3. The number of aliphatic carboxylic acids is 1. The summed E-state index contributed by atoms with van der Waals surface area (Å²) < 4.78 is 16.2. The summed E-state index contributed by atoms with van der Waals surface area (Å²) in [5, 5.41) is 12.7. The zero-order chi connectivity index (χ0) is 22.4. The van der Waals surface area contributed by atoms with E-state index in [1.165, 1.54) is 7.11 Å². The smallest absolute Gasteiger partial charge is 0.340 e. The van der Waals surface area contributed by atoms with Gasteiger partial charge in [0.1, 0.15) is 11.5 Å². The van der Waals surface area contributed by atoms with Gasteiger partial charge in [-0.25, -0.2) is 4.79 Å². The summed E-state index contributed by atoms with van der Waals surface area (Å²) >= 11 is 6.22. The Labute approximate surface area is 185 Å². The molecule has 2 aromatic rings. The van der Waals surface area contributed by atoms with Crippen LogP contribution in [0.3, 0.4) is 0 Å². The Bertz CT molecular complexity index is 1010. The predicted molar refractivity (Wildman–Crippen MR) is 116 cm³/mol. The van der Waals surface area contributed by atoms with Crippen LogP contribution in [-0.2, 0) is 22.5 Å². The summed E-state index contributed by atoms with van der Waals surface area (Å²) in [5.74, 6) is -0.218. The second-order valence-electron chi connectivity index (χ2n) is 6.99. The Kier molecular flexibility index (Phi) is 7.20. The lowest BCUT2D eigenvalue weighted by molar-refractivity contribution is -0.156. The predicted octanol–water partition coefficient (Wildman–Crippen LogP) is 3.63. The van der Waals surface area contributed by atoms with Gasteiger partial charge in [0.05, 0.1) is 30.9 Å². The minimum Gasteiger partial charge on any atom is -0.496 e. The molecule has 1 aliphatic rings. The van der Waals surface area contributed by atoms with Crippen molar-refractivity contribution < 1.29 is 28.9 Å². The van der Waals surface area contributed by atoms with E-state index in [2.05, 4.69) is 5.32 Å². The number of carboxylic acid groups (broad SMARTS) is 1. The van der Waals surface area contributed by atoms with Crippen LogP contribution in [0.5, 0.6) is 11.5 Å². The molecular formula is C23H24ClNO6. The van der Waals surface area contributed by atoms with Gasteiger partial charge in [0, 0.05) is 18.5 Å². The number of amides is 1. The van der Waals surface area contributed by atoms with Crippen LogP contribution in [0.1, 0.15) is 28.4 Å². The molecule has 1 heterocycles. The van der Waals surface area contributed by atoms with Gasteiger partial charge in [-0.1, -0.05) is 29.8 Å². The highest BCUT2D eigenvalue weighted by Crippen LogP contribution is 2.28. The molecule has 1 aliphatic heterocycles. The number of methoxy groups -OCH3 is 1. The minimum absolute atomic E-state index is 0.161. The Morgan fingerprint density at radius 3 is 2.68 bits per heavy atom. The number of nitrogens with one attached hydrogen (secondary N) is 1. The van der Waals surface area contributed by atoms with E-state index in [4.69, 9.17) is 25.8 Å². The van der Waals surface area contributed by atoms with E-state index >= 15 is 0 Å². The third-order valence-corrected chi connectivity index (χ3v) is 5.25. The molecule has 0 radical (unpaired) electrons. The lowest BCUT2D eigenvalue weighted by Gasteiger charge is -2.22. The maximum atomic E-state index is 12.6. The molecular weight excluding hydrogens is 422 g/mol. The average Bonchev–Trinajstić information content (AvgIpc) is 3.22. The van der Waals surface area contributed by atoms with E-state index in [1.807, 2.05) is 6.92 Å². The molecule has 0 saturated heterocycles.